The molecule has 5 nitrogen and oxygen atoms in total. The molecule has 1 aliphatic rings. The number of nitrogens with one attached hydrogen (secondary N) is 1. The number of benzene rings is 1. The molecule has 2 heterocycles. The van der Waals surface area contributed by atoms with Crippen molar-refractivity contribution >= 4 is 23.2 Å². The quantitative estimate of drug-likeness (QED) is 0.924. The molecule has 20 heavy (non-hydrogen) atoms. The molecule has 1 aliphatic heterocycles. The Bertz CT molecular complexity index is 596. The lowest BCUT2D eigenvalue weighted by molar-refractivity contribution is 0.190. The molecule has 0 amide bonds. The van der Waals surface area contributed by atoms with Gasteiger partial charge in [0.2, 0.25) is 0 Å². The highest BCUT2D eigenvalue weighted by molar-refractivity contribution is 6.35. The summed E-state index contributed by atoms with van der Waals surface area (Å²) in [6.45, 7) is 2.74. The molecule has 1 saturated heterocycles. The van der Waals surface area contributed by atoms with Crippen LogP contribution in [-0.4, -0.2) is 41.7 Å². The fraction of sp³-hybridized carbons (Fsp3) is 0.385. The Kier molecular flexibility index (Phi) is 3.94. The Morgan fingerprint density at radius 1 is 1.30 bits per heavy atom. The van der Waals surface area contributed by atoms with Crippen molar-refractivity contribution in [3.63, 3.8) is 0 Å². The Labute approximate surface area is 126 Å². The highest BCUT2D eigenvalue weighted by atomic mass is 35.5. The van der Waals surface area contributed by atoms with E-state index < -0.39 is 0 Å². The van der Waals surface area contributed by atoms with Gasteiger partial charge in [0.05, 0.1) is 6.04 Å². The SMILES string of the molecule is CN1CCNCC1c1noc(-c2cc(Cl)cc(Cl)c2)n1. The molecule has 1 aromatic heterocycles. The van der Waals surface area contributed by atoms with Crippen LogP contribution in [0.15, 0.2) is 22.7 Å². The third-order valence-corrected chi connectivity index (χ3v) is 3.80. The van der Waals surface area contributed by atoms with Gasteiger partial charge in [0.1, 0.15) is 0 Å². The molecule has 3 rings (SSSR count). The highest BCUT2D eigenvalue weighted by Gasteiger charge is 2.25. The molecule has 0 saturated carbocycles. The van der Waals surface area contributed by atoms with Crippen LogP contribution in [0.2, 0.25) is 10.0 Å². The van der Waals surface area contributed by atoms with Crippen molar-refractivity contribution in [1.29, 1.82) is 0 Å². The Morgan fingerprint density at radius 2 is 2.05 bits per heavy atom. The van der Waals surface area contributed by atoms with E-state index >= 15 is 0 Å². The van der Waals surface area contributed by atoms with Gasteiger partial charge in [-0.05, 0) is 25.2 Å². The monoisotopic (exact) mass is 312 g/mol. The van der Waals surface area contributed by atoms with Gasteiger partial charge in [0.25, 0.3) is 5.89 Å². The molecule has 0 radical (unpaired) electrons. The van der Waals surface area contributed by atoms with Crippen molar-refractivity contribution in [3.8, 4) is 11.5 Å². The van der Waals surface area contributed by atoms with Crippen LogP contribution in [0.1, 0.15) is 11.9 Å². The zero-order valence-corrected chi connectivity index (χ0v) is 12.4. The molecule has 2 aromatic rings. The number of aromatic nitrogens is 2. The molecular weight excluding hydrogens is 299 g/mol. The lowest BCUT2D eigenvalue weighted by Gasteiger charge is -2.30. The number of rotatable bonds is 2. The van der Waals surface area contributed by atoms with Gasteiger partial charge >= 0.3 is 0 Å². The predicted molar refractivity (Wildman–Crippen MR) is 78.0 cm³/mol. The lowest BCUT2D eigenvalue weighted by atomic mass is 10.2. The minimum atomic E-state index is 0.121. The van der Waals surface area contributed by atoms with Gasteiger partial charge in [-0.3, -0.25) is 4.90 Å². The van der Waals surface area contributed by atoms with Gasteiger partial charge in [-0.15, -0.1) is 0 Å². The number of halogens is 2. The molecule has 1 aromatic carbocycles. The molecule has 0 aliphatic carbocycles. The Balaban J connectivity index is 1.89. The summed E-state index contributed by atoms with van der Waals surface area (Å²) in [5.41, 5.74) is 0.729. The minimum Gasteiger partial charge on any atom is -0.334 e. The third-order valence-electron chi connectivity index (χ3n) is 3.36. The first-order valence-corrected chi connectivity index (χ1v) is 7.10. The van der Waals surface area contributed by atoms with Crippen LogP contribution in [0, 0.1) is 0 Å². The fourth-order valence-corrected chi connectivity index (χ4v) is 2.79. The maximum Gasteiger partial charge on any atom is 0.258 e. The van der Waals surface area contributed by atoms with Gasteiger partial charge in [-0.25, -0.2) is 0 Å². The molecule has 1 unspecified atom stereocenters. The second kappa shape index (κ2) is 5.69. The van der Waals surface area contributed by atoms with Crippen molar-refractivity contribution < 1.29 is 4.52 Å². The van der Waals surface area contributed by atoms with Crippen LogP contribution in [0.5, 0.6) is 0 Å². The number of piperazine rings is 1. The summed E-state index contributed by atoms with van der Waals surface area (Å²) in [4.78, 5) is 6.66. The van der Waals surface area contributed by atoms with Crippen LogP contribution in [0.3, 0.4) is 0 Å². The highest BCUT2D eigenvalue weighted by Crippen LogP contribution is 2.27. The average molecular weight is 313 g/mol. The zero-order chi connectivity index (χ0) is 14.1. The summed E-state index contributed by atoms with van der Waals surface area (Å²) >= 11 is 12.0. The second-order valence-corrected chi connectivity index (χ2v) is 5.69. The van der Waals surface area contributed by atoms with Crippen molar-refractivity contribution in [1.82, 2.24) is 20.4 Å². The largest absolute Gasteiger partial charge is 0.334 e. The van der Waals surface area contributed by atoms with E-state index in [1.807, 2.05) is 0 Å². The lowest BCUT2D eigenvalue weighted by Crippen LogP contribution is -2.44. The minimum absolute atomic E-state index is 0.121. The van der Waals surface area contributed by atoms with Crippen LogP contribution in [0.4, 0.5) is 0 Å². The molecule has 0 bridgehead atoms. The van der Waals surface area contributed by atoms with Crippen LogP contribution in [0.25, 0.3) is 11.5 Å². The van der Waals surface area contributed by atoms with E-state index in [1.54, 1.807) is 18.2 Å². The van der Waals surface area contributed by atoms with Gasteiger partial charge in [0.15, 0.2) is 5.82 Å². The number of hydrogen-bond acceptors (Lipinski definition) is 5. The summed E-state index contributed by atoms with van der Waals surface area (Å²) in [6.07, 6.45) is 0. The molecule has 106 valence electrons. The van der Waals surface area contributed by atoms with Crippen molar-refractivity contribution in [2.24, 2.45) is 0 Å². The number of hydrogen-bond donors (Lipinski definition) is 1. The molecule has 7 heteroatoms. The van der Waals surface area contributed by atoms with Crippen LogP contribution < -0.4 is 5.32 Å². The van der Waals surface area contributed by atoms with E-state index in [2.05, 4.69) is 27.4 Å². The van der Waals surface area contributed by atoms with Crippen molar-refractivity contribution in [2.75, 3.05) is 26.7 Å². The van der Waals surface area contributed by atoms with E-state index in [-0.39, 0.29) is 6.04 Å². The number of likely N-dealkylation sites (N-methyl/N-ethyl adjacent to an activating group) is 1. The molecule has 1 atom stereocenters. The van der Waals surface area contributed by atoms with Crippen LogP contribution in [-0.2, 0) is 0 Å². The van der Waals surface area contributed by atoms with E-state index in [4.69, 9.17) is 27.7 Å². The third kappa shape index (κ3) is 2.81. The van der Waals surface area contributed by atoms with E-state index in [0.29, 0.717) is 21.8 Å². The Hall–Kier alpha value is -1.14. The molecule has 0 spiro atoms. The fourth-order valence-electron chi connectivity index (χ4n) is 2.26. The van der Waals surface area contributed by atoms with E-state index in [9.17, 15) is 0 Å². The first-order chi connectivity index (χ1) is 9.63. The maximum absolute atomic E-state index is 5.99. The van der Waals surface area contributed by atoms with Crippen LogP contribution >= 0.6 is 23.2 Å². The Morgan fingerprint density at radius 3 is 2.75 bits per heavy atom. The average Bonchev–Trinajstić information content (AvgIpc) is 2.87. The predicted octanol–water partition coefficient (Wildman–Crippen LogP) is 2.62. The standard InChI is InChI=1S/C13H14Cl2N4O/c1-19-3-2-16-7-11(19)12-17-13(20-18-12)8-4-9(14)6-10(15)5-8/h4-6,11,16H,2-3,7H2,1H3. The molecule has 1 N–H and O–H groups in total. The first kappa shape index (κ1) is 13.8. The van der Waals surface area contributed by atoms with E-state index in [0.717, 1.165) is 25.2 Å². The topological polar surface area (TPSA) is 54.2 Å². The molecular formula is C13H14Cl2N4O. The van der Waals surface area contributed by atoms with Crippen molar-refractivity contribution in [3.05, 3.63) is 34.1 Å². The summed E-state index contributed by atoms with van der Waals surface area (Å²) in [5.74, 6) is 1.11. The smallest absolute Gasteiger partial charge is 0.258 e. The van der Waals surface area contributed by atoms with Gasteiger partial charge in [-0.2, -0.15) is 4.98 Å². The summed E-state index contributed by atoms with van der Waals surface area (Å²) in [7, 11) is 2.05. The number of nitrogens with zero attached hydrogens (tertiary/aromatic N) is 3. The summed E-state index contributed by atoms with van der Waals surface area (Å²) in [6, 6.07) is 5.31. The first-order valence-electron chi connectivity index (χ1n) is 6.34. The summed E-state index contributed by atoms with van der Waals surface area (Å²) < 4.78 is 5.33. The van der Waals surface area contributed by atoms with Gasteiger partial charge in [-0.1, -0.05) is 28.4 Å². The second-order valence-electron chi connectivity index (χ2n) is 4.82. The summed E-state index contributed by atoms with van der Waals surface area (Å²) in [5, 5.41) is 8.49. The van der Waals surface area contributed by atoms with Gasteiger partial charge < -0.3 is 9.84 Å². The maximum atomic E-state index is 5.99. The zero-order valence-electron chi connectivity index (χ0n) is 10.9. The van der Waals surface area contributed by atoms with Gasteiger partial charge in [0, 0.05) is 35.2 Å². The normalized spacial score (nSPS) is 20.2. The van der Waals surface area contributed by atoms with E-state index in [1.165, 1.54) is 0 Å². The molecule has 1 fully saturated rings. The van der Waals surface area contributed by atoms with Crippen molar-refractivity contribution in [2.45, 2.75) is 6.04 Å².